The normalized spacial score (nSPS) is 28.7. The van der Waals surface area contributed by atoms with Gasteiger partial charge in [0.15, 0.2) is 10.4 Å². The lowest BCUT2D eigenvalue weighted by Gasteiger charge is -2.26. The lowest BCUT2D eigenvalue weighted by molar-refractivity contribution is -0.144. The standard InChI is InChI=1S/C23H16Cl2N2O5S/c1-22-17(20(30)31-2)23(22)18(12-5-3-4-6-14(12)32-23)27-19(29)15(33-21(27)26-22)8-10-7-11(24)9-13(25)16(10)28/h3-9,17-18,28H,1-2H3/t17-,18-,22+,23-/m1/s1. The maximum Gasteiger partial charge on any atom is 0.315 e. The SMILES string of the molecule is COC(=O)[C@H]1[C@@]23Oc4ccccc4[C@H]2n2c(sc(=Cc4cc(Cl)cc(Cl)c4O)c2=O)=N[C@@]13C. The van der Waals surface area contributed by atoms with E-state index in [4.69, 9.17) is 37.7 Å². The van der Waals surface area contributed by atoms with Gasteiger partial charge in [-0.15, -0.1) is 0 Å². The summed E-state index contributed by atoms with van der Waals surface area (Å²) in [6, 6.07) is 9.85. The zero-order valence-corrected chi connectivity index (χ0v) is 19.7. The van der Waals surface area contributed by atoms with Gasteiger partial charge in [-0.1, -0.05) is 52.7 Å². The van der Waals surface area contributed by atoms with Crippen molar-refractivity contribution in [1.29, 1.82) is 0 Å². The summed E-state index contributed by atoms with van der Waals surface area (Å²) >= 11 is 13.3. The van der Waals surface area contributed by atoms with E-state index in [1.807, 2.05) is 31.2 Å². The summed E-state index contributed by atoms with van der Waals surface area (Å²) in [6.07, 6.45) is 1.54. The van der Waals surface area contributed by atoms with Gasteiger partial charge in [0.25, 0.3) is 5.56 Å². The molecule has 3 heterocycles. The molecule has 7 nitrogen and oxygen atoms in total. The summed E-state index contributed by atoms with van der Waals surface area (Å²) in [7, 11) is 1.33. The van der Waals surface area contributed by atoms with E-state index in [9.17, 15) is 14.7 Å². The van der Waals surface area contributed by atoms with Crippen LogP contribution in [0.3, 0.4) is 0 Å². The van der Waals surface area contributed by atoms with E-state index in [1.54, 1.807) is 10.6 Å². The molecule has 3 aliphatic rings. The van der Waals surface area contributed by atoms with Crippen LogP contribution in [0.1, 0.15) is 24.1 Å². The molecule has 0 bridgehead atoms. The number of fused-ring (bicyclic) bond motifs is 4. The molecule has 1 aliphatic carbocycles. The molecule has 0 unspecified atom stereocenters. The van der Waals surface area contributed by atoms with Gasteiger partial charge in [0.2, 0.25) is 0 Å². The summed E-state index contributed by atoms with van der Waals surface area (Å²) in [5, 5.41) is 10.8. The number of benzene rings is 2. The lowest BCUT2D eigenvalue weighted by Crippen LogP contribution is -2.47. The molecule has 10 heteroatoms. The van der Waals surface area contributed by atoms with Crippen LogP contribution in [-0.4, -0.2) is 33.9 Å². The summed E-state index contributed by atoms with van der Waals surface area (Å²) in [5.74, 6) is -0.624. The molecule has 1 saturated carbocycles. The number of carbonyl (C=O) groups excluding carboxylic acids is 1. The van der Waals surface area contributed by atoms with Crippen LogP contribution < -0.4 is 19.6 Å². The molecule has 3 aromatic rings. The van der Waals surface area contributed by atoms with Gasteiger partial charge < -0.3 is 14.6 Å². The predicted molar refractivity (Wildman–Crippen MR) is 123 cm³/mol. The van der Waals surface area contributed by atoms with E-state index in [1.165, 1.54) is 30.6 Å². The van der Waals surface area contributed by atoms with Crippen molar-refractivity contribution in [2.24, 2.45) is 10.9 Å². The van der Waals surface area contributed by atoms with Crippen LogP contribution in [0, 0.1) is 5.92 Å². The number of phenols is 1. The Kier molecular flexibility index (Phi) is 4.17. The third-order valence-electron chi connectivity index (χ3n) is 6.80. The van der Waals surface area contributed by atoms with E-state index < -0.39 is 29.1 Å². The van der Waals surface area contributed by atoms with Gasteiger partial charge in [-0.25, -0.2) is 4.99 Å². The number of hydrogen-bond donors (Lipinski definition) is 1. The van der Waals surface area contributed by atoms with Crippen molar-refractivity contribution in [3.05, 3.63) is 77.3 Å². The molecular formula is C23H16Cl2N2O5S. The number of aromatic nitrogens is 1. The van der Waals surface area contributed by atoms with E-state index in [0.717, 1.165) is 5.56 Å². The van der Waals surface area contributed by atoms with Gasteiger partial charge in [0.05, 0.1) is 16.7 Å². The molecule has 1 fully saturated rings. The molecule has 0 amide bonds. The highest BCUT2D eigenvalue weighted by molar-refractivity contribution is 7.07. The first-order chi connectivity index (χ1) is 15.7. The van der Waals surface area contributed by atoms with Crippen LogP contribution >= 0.6 is 34.5 Å². The highest BCUT2D eigenvalue weighted by atomic mass is 35.5. The minimum absolute atomic E-state index is 0.0895. The highest BCUT2D eigenvalue weighted by Gasteiger charge is 2.88. The summed E-state index contributed by atoms with van der Waals surface area (Å²) < 4.78 is 13.3. The summed E-state index contributed by atoms with van der Waals surface area (Å²) in [6.45, 7) is 1.85. The van der Waals surface area contributed by atoms with Gasteiger partial charge in [0.1, 0.15) is 29.0 Å². The maximum atomic E-state index is 13.6. The van der Waals surface area contributed by atoms with E-state index >= 15 is 0 Å². The van der Waals surface area contributed by atoms with Crippen LogP contribution in [0.2, 0.25) is 10.0 Å². The number of carbonyl (C=O) groups is 1. The molecule has 0 radical (unpaired) electrons. The average Bonchev–Trinajstić information content (AvgIpc) is 2.99. The molecule has 33 heavy (non-hydrogen) atoms. The van der Waals surface area contributed by atoms with Crippen molar-refractivity contribution in [2.75, 3.05) is 7.11 Å². The third-order valence-corrected chi connectivity index (χ3v) is 8.29. The topological polar surface area (TPSA) is 90.1 Å². The van der Waals surface area contributed by atoms with Crippen molar-refractivity contribution in [2.45, 2.75) is 24.1 Å². The summed E-state index contributed by atoms with van der Waals surface area (Å²) in [5.41, 5.74) is -1.10. The quantitative estimate of drug-likeness (QED) is 0.544. The summed E-state index contributed by atoms with van der Waals surface area (Å²) in [4.78, 5) is 31.6. The van der Waals surface area contributed by atoms with Crippen LogP contribution in [-0.2, 0) is 9.53 Å². The number of nitrogens with zero attached hydrogens (tertiary/aromatic N) is 2. The highest BCUT2D eigenvalue weighted by Crippen LogP contribution is 2.70. The number of esters is 1. The zero-order valence-electron chi connectivity index (χ0n) is 17.3. The Bertz CT molecular complexity index is 1560. The molecule has 2 aliphatic heterocycles. The van der Waals surface area contributed by atoms with Crippen molar-refractivity contribution >= 4 is 46.6 Å². The van der Waals surface area contributed by atoms with Gasteiger partial charge in [-0.3, -0.25) is 14.2 Å². The van der Waals surface area contributed by atoms with Crippen LogP contribution in [0.25, 0.3) is 6.08 Å². The number of rotatable bonds is 2. The number of thiazole rings is 1. The lowest BCUT2D eigenvalue weighted by atomic mass is 9.97. The molecule has 0 saturated heterocycles. The number of para-hydroxylation sites is 1. The number of halogens is 2. The molecule has 1 N–H and O–H groups in total. The van der Waals surface area contributed by atoms with E-state index in [2.05, 4.69) is 0 Å². The second kappa shape index (κ2) is 6.62. The monoisotopic (exact) mass is 502 g/mol. The second-order valence-electron chi connectivity index (χ2n) is 8.44. The van der Waals surface area contributed by atoms with Gasteiger partial charge in [-0.2, -0.15) is 0 Å². The minimum atomic E-state index is -1.04. The van der Waals surface area contributed by atoms with E-state index in [0.29, 0.717) is 25.7 Å². The number of ether oxygens (including phenoxy) is 2. The average molecular weight is 503 g/mol. The van der Waals surface area contributed by atoms with Crippen LogP contribution in [0.4, 0.5) is 0 Å². The van der Waals surface area contributed by atoms with E-state index in [-0.39, 0.29) is 16.3 Å². The predicted octanol–water partition coefficient (Wildman–Crippen LogP) is 2.67. The fraction of sp³-hybridized carbons (Fsp3) is 0.261. The fourth-order valence-electron chi connectivity index (χ4n) is 5.30. The molecule has 4 atom stereocenters. The Morgan fingerprint density at radius 2 is 2.09 bits per heavy atom. The molecule has 1 aromatic heterocycles. The van der Waals surface area contributed by atoms with Crippen molar-refractivity contribution in [1.82, 2.24) is 4.57 Å². The smallest absolute Gasteiger partial charge is 0.315 e. The van der Waals surface area contributed by atoms with Crippen LogP contribution in [0.5, 0.6) is 11.5 Å². The van der Waals surface area contributed by atoms with Crippen molar-refractivity contribution in [3.8, 4) is 11.5 Å². The Hall–Kier alpha value is -2.81. The van der Waals surface area contributed by atoms with Crippen molar-refractivity contribution < 1.29 is 19.4 Å². The van der Waals surface area contributed by atoms with Gasteiger partial charge in [0, 0.05) is 16.1 Å². The fourth-order valence-corrected chi connectivity index (χ4v) is 6.90. The Morgan fingerprint density at radius 3 is 2.85 bits per heavy atom. The van der Waals surface area contributed by atoms with Gasteiger partial charge in [-0.05, 0) is 31.2 Å². The number of aromatic hydroxyl groups is 1. The Labute approximate surface area is 201 Å². The van der Waals surface area contributed by atoms with Gasteiger partial charge >= 0.3 is 5.97 Å². The molecule has 168 valence electrons. The van der Waals surface area contributed by atoms with Crippen molar-refractivity contribution in [3.63, 3.8) is 0 Å². The number of phenolic OH excluding ortho intramolecular Hbond substituents is 1. The first-order valence-corrected chi connectivity index (χ1v) is 11.7. The third kappa shape index (κ3) is 2.48. The first-order valence-electron chi connectivity index (χ1n) is 10.1. The van der Waals surface area contributed by atoms with Crippen LogP contribution in [0.15, 0.2) is 46.2 Å². The molecular weight excluding hydrogens is 487 g/mol. The zero-order chi connectivity index (χ0) is 23.3. The largest absolute Gasteiger partial charge is 0.506 e. The Morgan fingerprint density at radius 1 is 1.33 bits per heavy atom. The number of methoxy groups -OCH3 is 1. The second-order valence-corrected chi connectivity index (χ2v) is 10.3. The first kappa shape index (κ1) is 20.8. The Balaban J connectivity index is 1.63. The maximum absolute atomic E-state index is 13.6. The number of hydrogen-bond acceptors (Lipinski definition) is 7. The molecule has 2 aromatic carbocycles. The molecule has 6 rings (SSSR count). The molecule has 1 spiro atoms. The minimum Gasteiger partial charge on any atom is -0.506 e.